The van der Waals surface area contributed by atoms with Crippen LogP contribution in [0.5, 0.6) is 0 Å². The zero-order valence-electron chi connectivity index (χ0n) is 8.47. The molecule has 1 heterocycles. The number of halogens is 2. The van der Waals surface area contributed by atoms with E-state index in [1.807, 2.05) is 11.8 Å². The van der Waals surface area contributed by atoms with Crippen molar-refractivity contribution in [3.63, 3.8) is 0 Å². The molecule has 0 spiro atoms. The second kappa shape index (κ2) is 5.11. The fourth-order valence-electron chi connectivity index (χ4n) is 1.74. The highest BCUT2D eigenvalue weighted by Crippen LogP contribution is 2.31. The molecule has 0 saturated carbocycles. The van der Waals surface area contributed by atoms with E-state index in [1.54, 1.807) is 0 Å². The van der Waals surface area contributed by atoms with E-state index in [-0.39, 0.29) is 0 Å². The Hall–Kier alpha value is 0.330. The van der Waals surface area contributed by atoms with E-state index in [0.717, 1.165) is 14.2 Å². The molecule has 1 saturated heterocycles. The lowest BCUT2D eigenvalue weighted by atomic mass is 10.2. The molecule has 1 nitrogen and oxygen atoms in total. The third-order valence-electron chi connectivity index (χ3n) is 2.49. The largest absolute Gasteiger partial charge is 0.381 e. The molecular formula is C11H13Br2NS. The molecule has 1 fully saturated rings. The lowest BCUT2D eigenvalue weighted by molar-refractivity contribution is 0.746. The first-order valence-electron chi connectivity index (χ1n) is 4.98. The zero-order chi connectivity index (χ0) is 10.8. The SMILES string of the molecule is CC1CC(Nc2ccc(Br)cc2Br)CS1. The molecular weight excluding hydrogens is 338 g/mol. The first kappa shape index (κ1) is 11.8. The standard InChI is InChI=1S/C11H13Br2NS/c1-7-4-9(6-15-7)14-11-3-2-8(12)5-10(11)13/h2-3,5,7,9,14H,4,6H2,1H3. The van der Waals surface area contributed by atoms with E-state index in [2.05, 4.69) is 62.3 Å². The van der Waals surface area contributed by atoms with Gasteiger partial charge >= 0.3 is 0 Å². The monoisotopic (exact) mass is 349 g/mol. The van der Waals surface area contributed by atoms with E-state index in [0.29, 0.717) is 6.04 Å². The number of hydrogen-bond acceptors (Lipinski definition) is 2. The van der Waals surface area contributed by atoms with Crippen LogP contribution in [0.2, 0.25) is 0 Å². The van der Waals surface area contributed by atoms with Crippen molar-refractivity contribution in [1.29, 1.82) is 0 Å². The summed E-state index contributed by atoms with van der Waals surface area (Å²) >= 11 is 9.07. The van der Waals surface area contributed by atoms with Crippen LogP contribution in [0.25, 0.3) is 0 Å². The Morgan fingerprint density at radius 3 is 2.80 bits per heavy atom. The smallest absolute Gasteiger partial charge is 0.0487 e. The summed E-state index contributed by atoms with van der Waals surface area (Å²) in [6, 6.07) is 6.87. The van der Waals surface area contributed by atoms with Gasteiger partial charge in [-0.2, -0.15) is 11.8 Å². The van der Waals surface area contributed by atoms with E-state index >= 15 is 0 Å². The van der Waals surface area contributed by atoms with Crippen molar-refractivity contribution in [2.45, 2.75) is 24.6 Å². The van der Waals surface area contributed by atoms with Crippen molar-refractivity contribution in [3.05, 3.63) is 27.1 Å². The molecule has 1 aromatic rings. The van der Waals surface area contributed by atoms with Gasteiger partial charge in [0.05, 0.1) is 0 Å². The van der Waals surface area contributed by atoms with Crippen LogP contribution in [0.3, 0.4) is 0 Å². The summed E-state index contributed by atoms with van der Waals surface area (Å²) in [4.78, 5) is 0. The predicted molar refractivity (Wildman–Crippen MR) is 75.8 cm³/mol. The maximum absolute atomic E-state index is 3.58. The summed E-state index contributed by atoms with van der Waals surface area (Å²) in [5, 5.41) is 4.37. The molecule has 1 aliphatic rings. The summed E-state index contributed by atoms with van der Waals surface area (Å²) in [5.41, 5.74) is 1.19. The van der Waals surface area contributed by atoms with Gasteiger partial charge in [-0.25, -0.2) is 0 Å². The Labute approximate surface area is 112 Å². The van der Waals surface area contributed by atoms with Crippen molar-refractivity contribution in [3.8, 4) is 0 Å². The number of hydrogen-bond donors (Lipinski definition) is 1. The Morgan fingerprint density at radius 2 is 2.20 bits per heavy atom. The van der Waals surface area contributed by atoms with Crippen LogP contribution in [0.1, 0.15) is 13.3 Å². The average Bonchev–Trinajstić information content (AvgIpc) is 2.56. The Bertz CT molecular complexity index is 356. The summed E-state index contributed by atoms with van der Waals surface area (Å²) < 4.78 is 2.23. The third kappa shape index (κ3) is 3.14. The number of thioether (sulfide) groups is 1. The van der Waals surface area contributed by atoms with Gasteiger partial charge in [0.1, 0.15) is 0 Å². The van der Waals surface area contributed by atoms with Gasteiger partial charge in [-0.1, -0.05) is 22.9 Å². The maximum Gasteiger partial charge on any atom is 0.0487 e. The molecule has 2 rings (SSSR count). The first-order chi connectivity index (χ1) is 7.15. The highest BCUT2D eigenvalue weighted by atomic mass is 79.9. The van der Waals surface area contributed by atoms with Gasteiger partial charge in [-0.05, 0) is 40.5 Å². The van der Waals surface area contributed by atoms with Crippen molar-refractivity contribution in [1.82, 2.24) is 0 Å². The molecule has 1 aromatic carbocycles. The van der Waals surface area contributed by atoms with Gasteiger partial charge in [-0.15, -0.1) is 0 Å². The summed E-state index contributed by atoms with van der Waals surface area (Å²) in [6.45, 7) is 2.29. The highest BCUT2D eigenvalue weighted by Gasteiger charge is 2.21. The Balaban J connectivity index is 2.04. The molecule has 82 valence electrons. The molecule has 0 aromatic heterocycles. The lowest BCUT2D eigenvalue weighted by Gasteiger charge is -2.14. The minimum absolute atomic E-state index is 0.613. The predicted octanol–water partition coefficient (Wildman–Crippen LogP) is 4.52. The van der Waals surface area contributed by atoms with E-state index in [1.165, 1.54) is 17.9 Å². The fourth-order valence-corrected chi connectivity index (χ4v) is 4.05. The molecule has 15 heavy (non-hydrogen) atoms. The maximum atomic E-state index is 3.58. The van der Waals surface area contributed by atoms with Crippen LogP contribution in [0, 0.1) is 0 Å². The number of anilines is 1. The Morgan fingerprint density at radius 1 is 1.40 bits per heavy atom. The molecule has 0 aliphatic carbocycles. The second-order valence-corrected chi connectivity index (χ2v) is 7.09. The fraction of sp³-hybridized carbons (Fsp3) is 0.455. The summed E-state index contributed by atoms with van der Waals surface area (Å²) in [6.07, 6.45) is 1.26. The van der Waals surface area contributed by atoms with Gasteiger partial charge in [0.2, 0.25) is 0 Å². The van der Waals surface area contributed by atoms with Crippen LogP contribution >= 0.6 is 43.6 Å². The highest BCUT2D eigenvalue weighted by molar-refractivity contribution is 9.11. The minimum atomic E-state index is 0.613. The topological polar surface area (TPSA) is 12.0 Å². The first-order valence-corrected chi connectivity index (χ1v) is 7.62. The van der Waals surface area contributed by atoms with Crippen molar-refractivity contribution < 1.29 is 0 Å². The van der Waals surface area contributed by atoms with Crippen molar-refractivity contribution >= 4 is 49.3 Å². The van der Waals surface area contributed by atoms with Crippen LogP contribution < -0.4 is 5.32 Å². The van der Waals surface area contributed by atoms with Crippen LogP contribution in [-0.2, 0) is 0 Å². The van der Waals surface area contributed by atoms with Crippen LogP contribution in [-0.4, -0.2) is 17.0 Å². The van der Waals surface area contributed by atoms with Gasteiger partial charge < -0.3 is 5.32 Å². The third-order valence-corrected chi connectivity index (χ3v) is 4.99. The average molecular weight is 351 g/mol. The molecule has 4 heteroatoms. The van der Waals surface area contributed by atoms with Gasteiger partial charge in [-0.3, -0.25) is 0 Å². The molecule has 0 radical (unpaired) electrons. The second-order valence-electron chi connectivity index (χ2n) is 3.85. The van der Waals surface area contributed by atoms with E-state index in [4.69, 9.17) is 0 Å². The normalized spacial score (nSPS) is 25.5. The van der Waals surface area contributed by atoms with Crippen molar-refractivity contribution in [2.24, 2.45) is 0 Å². The quantitative estimate of drug-likeness (QED) is 0.841. The number of nitrogens with one attached hydrogen (secondary N) is 1. The number of benzene rings is 1. The van der Waals surface area contributed by atoms with Gasteiger partial charge in [0.25, 0.3) is 0 Å². The summed E-state index contributed by atoms with van der Waals surface area (Å²) in [7, 11) is 0. The molecule has 1 N–H and O–H groups in total. The number of rotatable bonds is 2. The lowest BCUT2D eigenvalue weighted by Crippen LogP contribution is -2.19. The van der Waals surface area contributed by atoms with Crippen molar-refractivity contribution in [2.75, 3.05) is 11.1 Å². The molecule has 2 unspecified atom stereocenters. The molecule has 2 atom stereocenters. The minimum Gasteiger partial charge on any atom is -0.381 e. The van der Waals surface area contributed by atoms with Crippen LogP contribution in [0.15, 0.2) is 27.1 Å². The molecule has 1 aliphatic heterocycles. The van der Waals surface area contributed by atoms with Crippen LogP contribution in [0.4, 0.5) is 5.69 Å². The molecule has 0 bridgehead atoms. The van der Waals surface area contributed by atoms with E-state index < -0.39 is 0 Å². The zero-order valence-corrected chi connectivity index (χ0v) is 12.5. The summed E-state index contributed by atoms with van der Waals surface area (Å²) in [5.74, 6) is 1.21. The van der Waals surface area contributed by atoms with E-state index in [9.17, 15) is 0 Å². The molecule has 0 amide bonds. The van der Waals surface area contributed by atoms with Gasteiger partial charge in [0, 0.05) is 31.7 Å². The Kier molecular flexibility index (Phi) is 4.02. The van der Waals surface area contributed by atoms with Gasteiger partial charge in [0.15, 0.2) is 0 Å².